The van der Waals surface area contributed by atoms with E-state index in [1.54, 1.807) is 11.0 Å². The fourth-order valence-electron chi connectivity index (χ4n) is 3.26. The van der Waals surface area contributed by atoms with E-state index in [-0.39, 0.29) is 5.91 Å². The van der Waals surface area contributed by atoms with Crippen molar-refractivity contribution in [1.29, 1.82) is 0 Å². The van der Waals surface area contributed by atoms with Gasteiger partial charge >= 0.3 is 0 Å². The number of fused-ring (bicyclic) bond motifs is 1. The van der Waals surface area contributed by atoms with Gasteiger partial charge in [-0.2, -0.15) is 5.10 Å². The number of carbonyl (C=O) groups excluding carboxylic acids is 1. The van der Waals surface area contributed by atoms with Crippen molar-refractivity contribution >= 4 is 5.91 Å². The van der Waals surface area contributed by atoms with Crippen molar-refractivity contribution in [2.45, 2.75) is 50.7 Å². The molecule has 19 heavy (non-hydrogen) atoms. The highest BCUT2D eigenvalue weighted by atomic mass is 16.1. The Hall–Kier alpha value is -1.43. The first-order valence-corrected chi connectivity index (χ1v) is 7.19. The molecule has 0 aliphatic carbocycles. The summed E-state index contributed by atoms with van der Waals surface area (Å²) in [5.41, 5.74) is 0. The molecule has 104 valence electrons. The molecule has 0 bridgehead atoms. The largest absolute Gasteiger partial charge is 0.352 e. The van der Waals surface area contributed by atoms with Crippen LogP contribution >= 0.6 is 0 Å². The maximum Gasteiger partial charge on any atom is 0.222 e. The van der Waals surface area contributed by atoms with Crippen molar-refractivity contribution in [2.24, 2.45) is 0 Å². The van der Waals surface area contributed by atoms with Gasteiger partial charge in [0, 0.05) is 25.0 Å². The van der Waals surface area contributed by atoms with Gasteiger partial charge in [-0.15, -0.1) is 0 Å². The first kappa shape index (κ1) is 12.6. The van der Waals surface area contributed by atoms with Gasteiger partial charge in [0.1, 0.15) is 12.7 Å². The Balaban J connectivity index is 1.47. The number of piperidine rings is 1. The minimum absolute atomic E-state index is 0.132. The van der Waals surface area contributed by atoms with E-state index in [1.807, 2.05) is 0 Å². The van der Waals surface area contributed by atoms with E-state index < -0.39 is 0 Å². The highest BCUT2D eigenvalue weighted by Gasteiger charge is 2.35. The van der Waals surface area contributed by atoms with Crippen LogP contribution in [0, 0.1) is 0 Å². The number of rotatable bonds is 4. The van der Waals surface area contributed by atoms with Crippen LogP contribution in [0.4, 0.5) is 0 Å². The van der Waals surface area contributed by atoms with Crippen LogP contribution in [0.1, 0.15) is 32.1 Å². The molecule has 0 aromatic carbocycles. The van der Waals surface area contributed by atoms with Crippen molar-refractivity contribution in [3.8, 4) is 0 Å². The van der Waals surface area contributed by atoms with Gasteiger partial charge < -0.3 is 5.32 Å². The minimum atomic E-state index is 0.132. The molecule has 2 atom stereocenters. The molecule has 2 fully saturated rings. The zero-order valence-corrected chi connectivity index (χ0v) is 11.2. The predicted octanol–water partition coefficient (Wildman–Crippen LogP) is 0.411. The number of aryl methyl sites for hydroxylation is 1. The number of hydrogen-bond donors (Lipinski definition) is 1. The lowest BCUT2D eigenvalue weighted by Crippen LogP contribution is -2.46. The molecule has 0 saturated carbocycles. The molecule has 3 rings (SSSR count). The summed E-state index contributed by atoms with van der Waals surface area (Å²) in [6.07, 6.45) is 8.55. The number of carbonyl (C=O) groups is 1. The molecule has 1 N–H and O–H groups in total. The lowest BCUT2D eigenvalue weighted by molar-refractivity contribution is -0.122. The number of aromatic nitrogens is 3. The quantitative estimate of drug-likeness (QED) is 0.854. The summed E-state index contributed by atoms with van der Waals surface area (Å²) in [4.78, 5) is 18.4. The molecule has 1 aromatic rings. The summed E-state index contributed by atoms with van der Waals surface area (Å²) in [6.45, 7) is 2.95. The zero-order valence-electron chi connectivity index (χ0n) is 11.2. The molecule has 0 radical (unpaired) electrons. The Morgan fingerprint density at radius 3 is 3.11 bits per heavy atom. The fraction of sp³-hybridized carbons (Fsp3) is 0.769. The molecular weight excluding hydrogens is 242 g/mol. The van der Waals surface area contributed by atoms with Crippen LogP contribution in [0.2, 0.25) is 0 Å². The minimum Gasteiger partial charge on any atom is -0.352 e. The monoisotopic (exact) mass is 263 g/mol. The number of hydrogen-bond acceptors (Lipinski definition) is 4. The predicted molar refractivity (Wildman–Crippen MR) is 70.4 cm³/mol. The Bertz CT molecular complexity index is 419. The van der Waals surface area contributed by atoms with E-state index in [0.717, 1.165) is 13.0 Å². The van der Waals surface area contributed by atoms with E-state index >= 15 is 0 Å². The van der Waals surface area contributed by atoms with Crippen LogP contribution in [0.15, 0.2) is 12.7 Å². The molecule has 0 spiro atoms. The first-order valence-electron chi connectivity index (χ1n) is 7.19. The van der Waals surface area contributed by atoms with Crippen molar-refractivity contribution in [3.63, 3.8) is 0 Å². The second kappa shape index (κ2) is 5.69. The second-order valence-corrected chi connectivity index (χ2v) is 5.47. The summed E-state index contributed by atoms with van der Waals surface area (Å²) in [7, 11) is 0. The molecule has 6 heteroatoms. The van der Waals surface area contributed by atoms with Crippen LogP contribution in [0.5, 0.6) is 0 Å². The molecule has 1 amide bonds. The third-order valence-electron chi connectivity index (χ3n) is 4.24. The van der Waals surface area contributed by atoms with Crippen LogP contribution in [-0.2, 0) is 11.3 Å². The van der Waals surface area contributed by atoms with E-state index in [0.29, 0.717) is 25.0 Å². The third kappa shape index (κ3) is 2.94. The first-order chi connectivity index (χ1) is 9.33. The van der Waals surface area contributed by atoms with E-state index in [2.05, 4.69) is 20.3 Å². The molecule has 3 heterocycles. The molecule has 1 aromatic heterocycles. The summed E-state index contributed by atoms with van der Waals surface area (Å²) in [6, 6.07) is 0.924. The number of nitrogens with zero attached hydrogens (tertiary/aromatic N) is 4. The van der Waals surface area contributed by atoms with Gasteiger partial charge in [0.05, 0.1) is 6.54 Å². The topological polar surface area (TPSA) is 63.1 Å². The highest BCUT2D eigenvalue weighted by Crippen LogP contribution is 2.27. The van der Waals surface area contributed by atoms with Crippen LogP contribution in [0.3, 0.4) is 0 Å². The Kier molecular flexibility index (Phi) is 3.77. The van der Waals surface area contributed by atoms with Gasteiger partial charge in [-0.25, -0.2) is 4.98 Å². The van der Waals surface area contributed by atoms with Gasteiger partial charge in [0.25, 0.3) is 0 Å². The zero-order chi connectivity index (χ0) is 13.1. The van der Waals surface area contributed by atoms with Gasteiger partial charge in [0.2, 0.25) is 5.91 Å². The maximum absolute atomic E-state index is 12.0. The summed E-state index contributed by atoms with van der Waals surface area (Å²) in [5, 5.41) is 7.20. The smallest absolute Gasteiger partial charge is 0.222 e. The van der Waals surface area contributed by atoms with Crippen LogP contribution in [0.25, 0.3) is 0 Å². The van der Waals surface area contributed by atoms with Gasteiger partial charge in [-0.1, -0.05) is 6.42 Å². The number of amides is 1. The maximum atomic E-state index is 12.0. The summed E-state index contributed by atoms with van der Waals surface area (Å²) < 4.78 is 1.70. The average Bonchev–Trinajstić information content (AvgIpc) is 3.07. The summed E-state index contributed by atoms with van der Waals surface area (Å²) >= 11 is 0. The second-order valence-electron chi connectivity index (χ2n) is 5.47. The third-order valence-corrected chi connectivity index (χ3v) is 4.24. The van der Waals surface area contributed by atoms with Crippen molar-refractivity contribution in [2.75, 3.05) is 13.1 Å². The van der Waals surface area contributed by atoms with Crippen LogP contribution < -0.4 is 5.32 Å². The van der Waals surface area contributed by atoms with Crippen molar-refractivity contribution < 1.29 is 4.79 Å². The van der Waals surface area contributed by atoms with Gasteiger partial charge in [-0.05, 0) is 25.8 Å². The van der Waals surface area contributed by atoms with Crippen molar-refractivity contribution in [3.05, 3.63) is 12.7 Å². The molecule has 2 aliphatic rings. The average molecular weight is 263 g/mol. The number of nitrogens with one attached hydrogen (secondary N) is 1. The molecule has 2 aliphatic heterocycles. The fourth-order valence-corrected chi connectivity index (χ4v) is 3.26. The van der Waals surface area contributed by atoms with E-state index in [4.69, 9.17) is 0 Å². The lowest BCUT2D eigenvalue weighted by Gasteiger charge is -2.32. The van der Waals surface area contributed by atoms with E-state index in [9.17, 15) is 4.79 Å². The highest BCUT2D eigenvalue weighted by molar-refractivity contribution is 5.76. The van der Waals surface area contributed by atoms with Crippen LogP contribution in [-0.4, -0.2) is 50.7 Å². The molecule has 2 saturated heterocycles. The standard InChI is InChI=1S/C13H21N5O/c19-13(5-8-18-10-14-9-15-18)16-11-4-7-17-6-2-1-3-12(11)17/h9-12H,1-8H2,(H,16,19)/t11-,12-/m0/s1. The lowest BCUT2D eigenvalue weighted by atomic mass is 9.99. The Morgan fingerprint density at radius 1 is 1.32 bits per heavy atom. The Labute approximate surface area is 113 Å². The summed E-state index contributed by atoms with van der Waals surface area (Å²) in [5.74, 6) is 0.132. The van der Waals surface area contributed by atoms with Gasteiger partial charge in [-0.3, -0.25) is 14.4 Å². The normalized spacial score (nSPS) is 27.2. The van der Waals surface area contributed by atoms with Crippen molar-refractivity contribution in [1.82, 2.24) is 25.0 Å². The van der Waals surface area contributed by atoms with Gasteiger partial charge in [0.15, 0.2) is 0 Å². The SMILES string of the molecule is O=C(CCn1cncn1)N[C@H]1CCN2CCCC[C@@H]12. The molecule has 0 unspecified atom stereocenters. The molecular formula is C13H21N5O. The Morgan fingerprint density at radius 2 is 2.26 bits per heavy atom. The van der Waals surface area contributed by atoms with E-state index in [1.165, 1.54) is 32.1 Å². The molecule has 6 nitrogen and oxygen atoms in total.